The number of benzene rings is 1. The second kappa shape index (κ2) is 8.40. The number of imide groups is 1. The monoisotopic (exact) mass is 410 g/mol. The van der Waals surface area contributed by atoms with E-state index in [1.54, 1.807) is 21.9 Å². The van der Waals surface area contributed by atoms with Crippen molar-refractivity contribution < 1.29 is 23.6 Å². The third kappa shape index (κ3) is 4.05. The number of nitrogens with zero attached hydrogens (tertiary/aromatic N) is 3. The van der Waals surface area contributed by atoms with Crippen LogP contribution in [0.15, 0.2) is 53.1 Å². The minimum Gasteiger partial charge on any atom is -0.459 e. The molecule has 1 aromatic carbocycles. The maximum Gasteiger partial charge on any atom is 0.325 e. The van der Waals surface area contributed by atoms with Gasteiger partial charge in [0.05, 0.1) is 6.26 Å². The van der Waals surface area contributed by atoms with E-state index in [9.17, 15) is 19.2 Å². The zero-order valence-electron chi connectivity index (χ0n) is 16.3. The molecule has 2 aromatic rings. The lowest BCUT2D eigenvalue weighted by Gasteiger charge is -2.34. The molecule has 1 N–H and O–H groups in total. The van der Waals surface area contributed by atoms with Gasteiger partial charge in [-0.25, -0.2) is 4.79 Å². The lowest BCUT2D eigenvalue weighted by atomic mass is 10.1. The average molecular weight is 410 g/mol. The maximum absolute atomic E-state index is 12.6. The molecule has 0 aliphatic carbocycles. The van der Waals surface area contributed by atoms with Crippen molar-refractivity contribution in [1.29, 1.82) is 0 Å². The van der Waals surface area contributed by atoms with E-state index in [0.717, 1.165) is 10.5 Å². The first-order valence-electron chi connectivity index (χ1n) is 9.79. The number of nitrogens with one attached hydrogen (secondary N) is 1. The minimum atomic E-state index is -0.671. The molecule has 0 spiro atoms. The zero-order valence-corrected chi connectivity index (χ0v) is 16.3. The molecule has 2 aliphatic heterocycles. The number of piperazine rings is 1. The third-order valence-corrected chi connectivity index (χ3v) is 5.33. The van der Waals surface area contributed by atoms with Crippen LogP contribution in [-0.4, -0.2) is 77.2 Å². The van der Waals surface area contributed by atoms with E-state index >= 15 is 0 Å². The van der Waals surface area contributed by atoms with Crippen molar-refractivity contribution in [1.82, 2.24) is 20.0 Å². The van der Waals surface area contributed by atoms with E-state index in [0.29, 0.717) is 32.6 Å². The van der Waals surface area contributed by atoms with E-state index in [2.05, 4.69) is 5.32 Å². The summed E-state index contributed by atoms with van der Waals surface area (Å²) in [6.45, 7) is 1.09. The largest absolute Gasteiger partial charge is 0.459 e. The summed E-state index contributed by atoms with van der Waals surface area (Å²) < 4.78 is 5.13. The second-order valence-electron chi connectivity index (χ2n) is 7.27. The summed E-state index contributed by atoms with van der Waals surface area (Å²) in [5, 5.41) is 2.65. The van der Waals surface area contributed by atoms with Crippen LogP contribution in [0.25, 0.3) is 0 Å². The number of hydrogen-bond acceptors (Lipinski definition) is 5. The van der Waals surface area contributed by atoms with Gasteiger partial charge in [-0.05, 0) is 17.7 Å². The number of urea groups is 1. The molecular weight excluding hydrogens is 388 g/mol. The molecule has 1 atom stereocenters. The minimum absolute atomic E-state index is 0.218. The van der Waals surface area contributed by atoms with Gasteiger partial charge in [-0.2, -0.15) is 0 Å². The van der Waals surface area contributed by atoms with Crippen LogP contribution in [0.5, 0.6) is 0 Å². The third-order valence-electron chi connectivity index (χ3n) is 5.33. The molecule has 2 aliphatic rings. The number of furan rings is 1. The van der Waals surface area contributed by atoms with Crippen molar-refractivity contribution in [3.63, 3.8) is 0 Å². The molecule has 3 heterocycles. The number of carbonyl (C=O) groups excluding carboxylic acids is 4. The number of carbonyl (C=O) groups is 4. The Hall–Kier alpha value is -3.62. The number of hydrogen-bond donors (Lipinski definition) is 1. The summed E-state index contributed by atoms with van der Waals surface area (Å²) in [6.07, 6.45) is 1.82. The van der Waals surface area contributed by atoms with Crippen LogP contribution in [0.1, 0.15) is 16.1 Å². The van der Waals surface area contributed by atoms with Crippen LogP contribution in [0.2, 0.25) is 0 Å². The predicted octanol–water partition coefficient (Wildman–Crippen LogP) is 0.727. The van der Waals surface area contributed by atoms with Gasteiger partial charge in [-0.3, -0.25) is 19.3 Å². The summed E-state index contributed by atoms with van der Waals surface area (Å²) in [5.41, 5.74) is 0.932. The normalized spacial score (nSPS) is 19.2. The van der Waals surface area contributed by atoms with E-state index in [1.165, 1.54) is 6.26 Å². The Labute approximate surface area is 173 Å². The molecule has 0 saturated carbocycles. The van der Waals surface area contributed by atoms with Gasteiger partial charge in [0.2, 0.25) is 5.91 Å². The summed E-state index contributed by atoms with van der Waals surface area (Å²) in [7, 11) is 0. The lowest BCUT2D eigenvalue weighted by molar-refractivity contribution is -0.138. The fourth-order valence-corrected chi connectivity index (χ4v) is 3.67. The summed E-state index contributed by atoms with van der Waals surface area (Å²) >= 11 is 0. The fraction of sp³-hybridized carbons (Fsp3) is 0.333. The highest BCUT2D eigenvalue weighted by molar-refractivity contribution is 6.06. The highest BCUT2D eigenvalue weighted by Gasteiger charge is 2.39. The van der Waals surface area contributed by atoms with Crippen molar-refractivity contribution in [2.75, 3.05) is 32.7 Å². The van der Waals surface area contributed by atoms with Gasteiger partial charge < -0.3 is 19.5 Å². The molecule has 2 saturated heterocycles. The summed E-state index contributed by atoms with van der Waals surface area (Å²) in [5.74, 6) is -0.670. The van der Waals surface area contributed by atoms with Crippen LogP contribution in [0.4, 0.5) is 4.79 Å². The van der Waals surface area contributed by atoms with Gasteiger partial charge in [0.15, 0.2) is 5.76 Å². The smallest absolute Gasteiger partial charge is 0.325 e. The zero-order chi connectivity index (χ0) is 21.1. The van der Waals surface area contributed by atoms with Crippen molar-refractivity contribution in [2.24, 2.45) is 0 Å². The van der Waals surface area contributed by atoms with Gasteiger partial charge in [0.1, 0.15) is 12.6 Å². The van der Waals surface area contributed by atoms with E-state index in [-0.39, 0.29) is 24.1 Å². The Kier molecular flexibility index (Phi) is 5.51. The molecule has 0 bridgehead atoms. The first-order valence-corrected chi connectivity index (χ1v) is 9.79. The van der Waals surface area contributed by atoms with Crippen molar-refractivity contribution >= 4 is 23.8 Å². The Bertz CT molecular complexity index is 936. The molecule has 1 aromatic heterocycles. The molecular formula is C21H22N4O5. The predicted molar refractivity (Wildman–Crippen MR) is 105 cm³/mol. The van der Waals surface area contributed by atoms with Crippen LogP contribution >= 0.6 is 0 Å². The molecule has 30 heavy (non-hydrogen) atoms. The van der Waals surface area contributed by atoms with E-state index < -0.39 is 18.0 Å². The quantitative estimate of drug-likeness (QED) is 0.732. The first-order chi connectivity index (χ1) is 14.5. The first kappa shape index (κ1) is 19.7. The molecule has 5 amide bonds. The Morgan fingerprint density at radius 3 is 2.33 bits per heavy atom. The second-order valence-corrected chi connectivity index (χ2v) is 7.27. The van der Waals surface area contributed by atoms with Gasteiger partial charge in [0, 0.05) is 32.6 Å². The fourth-order valence-electron chi connectivity index (χ4n) is 3.67. The van der Waals surface area contributed by atoms with Crippen molar-refractivity contribution in [3.8, 4) is 0 Å². The molecule has 9 heteroatoms. The standard InChI is InChI=1S/C21H22N4O5/c26-18(23-8-10-24(11-9-23)20(28)17-7-4-12-30-17)14-25-19(27)16(22-21(25)29)13-15-5-2-1-3-6-15/h1-7,12,16H,8-11,13-14H2,(H,22,29). The highest BCUT2D eigenvalue weighted by Crippen LogP contribution is 2.14. The number of rotatable bonds is 5. The van der Waals surface area contributed by atoms with Crippen molar-refractivity contribution in [3.05, 3.63) is 60.1 Å². The molecule has 0 radical (unpaired) electrons. The van der Waals surface area contributed by atoms with E-state index in [4.69, 9.17) is 4.42 Å². The van der Waals surface area contributed by atoms with Gasteiger partial charge in [0.25, 0.3) is 11.8 Å². The summed E-state index contributed by atoms with van der Waals surface area (Å²) in [4.78, 5) is 54.0. The van der Waals surface area contributed by atoms with Gasteiger partial charge >= 0.3 is 6.03 Å². The molecule has 1 unspecified atom stereocenters. The van der Waals surface area contributed by atoms with Crippen LogP contribution in [0, 0.1) is 0 Å². The highest BCUT2D eigenvalue weighted by atomic mass is 16.3. The molecule has 9 nitrogen and oxygen atoms in total. The van der Waals surface area contributed by atoms with Crippen LogP contribution in [-0.2, 0) is 16.0 Å². The molecule has 156 valence electrons. The SMILES string of the molecule is O=C(CN1C(=O)NC(Cc2ccccc2)C1=O)N1CCN(C(=O)c2ccco2)CC1. The molecule has 4 rings (SSSR count). The topological polar surface area (TPSA) is 103 Å². The van der Waals surface area contributed by atoms with Crippen LogP contribution in [0.3, 0.4) is 0 Å². The average Bonchev–Trinajstić information content (AvgIpc) is 3.39. The maximum atomic E-state index is 12.6. The lowest BCUT2D eigenvalue weighted by Crippen LogP contribution is -2.53. The van der Waals surface area contributed by atoms with Crippen molar-refractivity contribution in [2.45, 2.75) is 12.5 Å². The van der Waals surface area contributed by atoms with Gasteiger partial charge in [-0.1, -0.05) is 30.3 Å². The van der Waals surface area contributed by atoms with E-state index in [1.807, 2.05) is 30.3 Å². The Morgan fingerprint density at radius 1 is 0.967 bits per heavy atom. The molecule has 2 fully saturated rings. The van der Waals surface area contributed by atoms with Gasteiger partial charge in [-0.15, -0.1) is 0 Å². The number of amides is 5. The summed E-state index contributed by atoms with van der Waals surface area (Å²) in [6, 6.07) is 11.4. The Balaban J connectivity index is 1.30. The Morgan fingerprint density at radius 2 is 1.67 bits per heavy atom. The van der Waals surface area contributed by atoms with Crippen LogP contribution < -0.4 is 5.32 Å².